The standard InChI is InChI=1S/C23H32N4O2S/c1-3-24-22(26-16-23(2,29)20-12-7-13-30-20)25-15-17-8-6-11-19(14-17)27-21(28)18-9-4-5-10-18/h6-8,11-14,18,29H,3-5,9-10,15-16H2,1-2H3,(H,27,28)(H2,24,25,26). The number of nitrogens with zero attached hydrogens (tertiary/aromatic N) is 1. The Balaban J connectivity index is 1.59. The van der Waals surface area contributed by atoms with Crippen molar-refractivity contribution in [3.05, 3.63) is 52.2 Å². The number of hydrogen-bond acceptors (Lipinski definition) is 4. The maximum Gasteiger partial charge on any atom is 0.227 e. The molecule has 2 aromatic rings. The molecule has 0 aliphatic heterocycles. The second-order valence-corrected chi connectivity index (χ2v) is 8.92. The maximum atomic E-state index is 12.4. The van der Waals surface area contributed by atoms with Crippen LogP contribution in [0.5, 0.6) is 0 Å². The van der Waals surface area contributed by atoms with Crippen LogP contribution in [-0.4, -0.2) is 30.1 Å². The van der Waals surface area contributed by atoms with E-state index in [0.717, 1.165) is 48.4 Å². The molecule has 1 aliphatic rings. The molecule has 1 saturated carbocycles. The van der Waals surface area contributed by atoms with E-state index >= 15 is 0 Å². The van der Waals surface area contributed by atoms with Crippen molar-refractivity contribution in [2.45, 2.75) is 51.7 Å². The summed E-state index contributed by atoms with van der Waals surface area (Å²) in [4.78, 5) is 17.9. The molecule has 1 aromatic carbocycles. The molecule has 1 atom stereocenters. The van der Waals surface area contributed by atoms with Crippen LogP contribution < -0.4 is 16.0 Å². The fourth-order valence-electron chi connectivity index (χ4n) is 3.62. The SMILES string of the molecule is CCNC(=NCc1cccc(NC(=O)C2CCCC2)c1)NCC(C)(O)c1cccs1. The molecule has 0 bridgehead atoms. The molecule has 1 heterocycles. The van der Waals surface area contributed by atoms with Gasteiger partial charge in [-0.25, -0.2) is 4.99 Å². The van der Waals surface area contributed by atoms with Crippen LogP contribution >= 0.6 is 11.3 Å². The molecule has 6 nitrogen and oxygen atoms in total. The van der Waals surface area contributed by atoms with Gasteiger partial charge in [-0.2, -0.15) is 0 Å². The molecule has 1 unspecified atom stereocenters. The Morgan fingerprint density at radius 1 is 1.23 bits per heavy atom. The summed E-state index contributed by atoms with van der Waals surface area (Å²) in [5.74, 6) is 0.918. The molecule has 3 rings (SSSR count). The van der Waals surface area contributed by atoms with Crippen LogP contribution in [-0.2, 0) is 16.9 Å². The van der Waals surface area contributed by atoms with Crippen molar-refractivity contribution in [1.82, 2.24) is 10.6 Å². The zero-order valence-electron chi connectivity index (χ0n) is 17.8. The highest BCUT2D eigenvalue weighted by atomic mass is 32.1. The third-order valence-electron chi connectivity index (χ3n) is 5.34. The van der Waals surface area contributed by atoms with Crippen molar-refractivity contribution >= 4 is 28.9 Å². The molecular formula is C23H32N4O2S. The predicted octanol–water partition coefficient (Wildman–Crippen LogP) is 3.84. The van der Waals surface area contributed by atoms with E-state index in [2.05, 4.69) is 20.9 Å². The molecule has 1 amide bonds. The summed E-state index contributed by atoms with van der Waals surface area (Å²) in [6.07, 6.45) is 4.27. The molecule has 162 valence electrons. The van der Waals surface area contributed by atoms with Gasteiger partial charge in [-0.1, -0.05) is 31.0 Å². The van der Waals surface area contributed by atoms with E-state index < -0.39 is 5.60 Å². The van der Waals surface area contributed by atoms with E-state index in [1.165, 1.54) is 11.3 Å². The van der Waals surface area contributed by atoms with Crippen molar-refractivity contribution in [2.75, 3.05) is 18.4 Å². The number of thiophene rings is 1. The number of hydrogen-bond donors (Lipinski definition) is 4. The first-order valence-electron chi connectivity index (χ1n) is 10.7. The predicted molar refractivity (Wildman–Crippen MR) is 124 cm³/mol. The first kappa shape index (κ1) is 22.3. The van der Waals surface area contributed by atoms with Crippen molar-refractivity contribution in [3.8, 4) is 0 Å². The number of anilines is 1. The number of amides is 1. The van der Waals surface area contributed by atoms with Crippen LogP contribution in [0, 0.1) is 5.92 Å². The van der Waals surface area contributed by atoms with Crippen LogP contribution in [0.4, 0.5) is 5.69 Å². The van der Waals surface area contributed by atoms with Crippen LogP contribution in [0.25, 0.3) is 0 Å². The van der Waals surface area contributed by atoms with E-state index in [9.17, 15) is 9.90 Å². The molecule has 7 heteroatoms. The lowest BCUT2D eigenvalue weighted by Crippen LogP contribution is -2.44. The molecule has 30 heavy (non-hydrogen) atoms. The summed E-state index contributed by atoms with van der Waals surface area (Å²) in [6, 6.07) is 11.7. The highest BCUT2D eigenvalue weighted by molar-refractivity contribution is 7.10. The smallest absolute Gasteiger partial charge is 0.227 e. The first-order chi connectivity index (χ1) is 14.5. The Bertz CT molecular complexity index is 843. The van der Waals surface area contributed by atoms with Crippen LogP contribution in [0.1, 0.15) is 50.0 Å². The summed E-state index contributed by atoms with van der Waals surface area (Å²) in [6.45, 7) is 5.37. The Morgan fingerprint density at radius 2 is 2.03 bits per heavy atom. The topological polar surface area (TPSA) is 85.8 Å². The summed E-state index contributed by atoms with van der Waals surface area (Å²) < 4.78 is 0. The summed E-state index contributed by atoms with van der Waals surface area (Å²) >= 11 is 1.54. The maximum absolute atomic E-state index is 12.4. The van der Waals surface area contributed by atoms with E-state index in [0.29, 0.717) is 19.0 Å². The number of carbonyl (C=O) groups is 1. The van der Waals surface area contributed by atoms with Gasteiger partial charge in [0.25, 0.3) is 0 Å². The van der Waals surface area contributed by atoms with Crippen LogP contribution in [0.15, 0.2) is 46.8 Å². The molecular weight excluding hydrogens is 396 g/mol. The fraction of sp³-hybridized carbons (Fsp3) is 0.478. The highest BCUT2D eigenvalue weighted by Crippen LogP contribution is 2.26. The number of guanidine groups is 1. The Kier molecular flexibility index (Phi) is 7.87. The Labute approximate surface area is 182 Å². The number of aliphatic imine (C=N–C) groups is 1. The molecule has 0 spiro atoms. The van der Waals surface area contributed by atoms with Crippen molar-refractivity contribution < 1.29 is 9.90 Å². The first-order valence-corrected chi connectivity index (χ1v) is 11.5. The second-order valence-electron chi connectivity index (χ2n) is 7.97. The van der Waals surface area contributed by atoms with Gasteiger partial charge >= 0.3 is 0 Å². The normalized spacial score (nSPS) is 16.8. The van der Waals surface area contributed by atoms with Gasteiger partial charge in [0.15, 0.2) is 5.96 Å². The minimum Gasteiger partial charge on any atom is -0.383 e. The minimum atomic E-state index is -0.963. The van der Waals surface area contributed by atoms with Gasteiger partial charge in [0.1, 0.15) is 5.60 Å². The highest BCUT2D eigenvalue weighted by Gasteiger charge is 2.24. The van der Waals surface area contributed by atoms with E-state index in [-0.39, 0.29) is 11.8 Å². The zero-order chi connectivity index (χ0) is 21.4. The molecule has 1 aromatic heterocycles. The molecule has 0 radical (unpaired) electrons. The third kappa shape index (κ3) is 6.31. The van der Waals surface area contributed by atoms with Crippen LogP contribution in [0.2, 0.25) is 0 Å². The average Bonchev–Trinajstić information content (AvgIpc) is 3.45. The monoisotopic (exact) mass is 428 g/mol. The lowest BCUT2D eigenvalue weighted by atomic mass is 10.1. The Morgan fingerprint density at radius 3 is 2.73 bits per heavy atom. The minimum absolute atomic E-state index is 0.124. The number of nitrogens with one attached hydrogen (secondary N) is 3. The van der Waals surface area contributed by atoms with Gasteiger partial charge in [0, 0.05) is 23.0 Å². The number of carbonyl (C=O) groups excluding carboxylic acids is 1. The van der Waals surface area contributed by atoms with Gasteiger partial charge in [-0.3, -0.25) is 4.79 Å². The van der Waals surface area contributed by atoms with Crippen molar-refractivity contribution in [1.29, 1.82) is 0 Å². The van der Waals surface area contributed by atoms with Gasteiger partial charge in [0.2, 0.25) is 5.91 Å². The molecule has 1 aliphatic carbocycles. The van der Waals surface area contributed by atoms with E-state index in [4.69, 9.17) is 0 Å². The van der Waals surface area contributed by atoms with Crippen molar-refractivity contribution in [3.63, 3.8) is 0 Å². The van der Waals surface area contributed by atoms with Crippen LogP contribution in [0.3, 0.4) is 0 Å². The van der Waals surface area contributed by atoms with Gasteiger partial charge in [-0.05, 0) is 55.8 Å². The van der Waals surface area contributed by atoms with Gasteiger partial charge in [0.05, 0.1) is 13.1 Å². The molecule has 0 saturated heterocycles. The van der Waals surface area contributed by atoms with Gasteiger partial charge < -0.3 is 21.1 Å². The second kappa shape index (κ2) is 10.6. The van der Waals surface area contributed by atoms with Gasteiger partial charge in [-0.15, -0.1) is 11.3 Å². The molecule has 4 N–H and O–H groups in total. The van der Waals surface area contributed by atoms with E-state index in [1.54, 1.807) is 6.92 Å². The Hall–Kier alpha value is -2.38. The fourth-order valence-corrected chi connectivity index (χ4v) is 4.41. The lowest BCUT2D eigenvalue weighted by Gasteiger charge is -2.23. The quantitative estimate of drug-likeness (QED) is 0.380. The summed E-state index contributed by atoms with van der Waals surface area (Å²) in [5.41, 5.74) is 0.869. The average molecular weight is 429 g/mol. The van der Waals surface area contributed by atoms with Crippen molar-refractivity contribution in [2.24, 2.45) is 10.9 Å². The lowest BCUT2D eigenvalue weighted by molar-refractivity contribution is -0.119. The largest absolute Gasteiger partial charge is 0.383 e. The summed E-state index contributed by atoms with van der Waals surface area (Å²) in [5, 5.41) is 22.2. The molecule has 1 fully saturated rings. The zero-order valence-corrected chi connectivity index (χ0v) is 18.6. The summed E-state index contributed by atoms with van der Waals surface area (Å²) in [7, 11) is 0. The number of aliphatic hydroxyl groups is 1. The van der Waals surface area contributed by atoms with E-state index in [1.807, 2.05) is 48.7 Å². The number of benzene rings is 1. The number of rotatable bonds is 8. The third-order valence-corrected chi connectivity index (χ3v) is 6.46.